The molecule has 28 heavy (non-hydrogen) atoms. The van der Waals surface area contributed by atoms with E-state index >= 15 is 0 Å². The summed E-state index contributed by atoms with van der Waals surface area (Å²) in [6.45, 7) is 1.22. The minimum absolute atomic E-state index is 0.0697. The van der Waals surface area contributed by atoms with Gasteiger partial charge in [-0.3, -0.25) is 9.69 Å². The molecule has 15 heteroatoms. The Bertz CT molecular complexity index is 550. The van der Waals surface area contributed by atoms with Gasteiger partial charge in [-0.05, 0) is 24.6 Å². The number of hydrogen-bond donors (Lipinski definition) is 1. The van der Waals surface area contributed by atoms with Gasteiger partial charge in [0, 0.05) is 19.6 Å². The zero-order chi connectivity index (χ0) is 22.0. The SMILES string of the molecule is O=C(NCCCN1CCOCC1)C(F)(F)C(F)(F)C(F)(F)C(F)(F)C(F)(F)Cl. The van der Waals surface area contributed by atoms with Crippen molar-refractivity contribution in [1.82, 2.24) is 10.2 Å². The quantitative estimate of drug-likeness (QED) is 0.329. The van der Waals surface area contributed by atoms with Gasteiger partial charge in [0.25, 0.3) is 5.91 Å². The predicted molar refractivity (Wildman–Crippen MR) is 75.5 cm³/mol. The van der Waals surface area contributed by atoms with E-state index in [1.54, 1.807) is 4.90 Å². The van der Waals surface area contributed by atoms with Crippen molar-refractivity contribution in [3.05, 3.63) is 0 Å². The van der Waals surface area contributed by atoms with Crippen molar-refractivity contribution < 1.29 is 53.4 Å². The van der Waals surface area contributed by atoms with Crippen LogP contribution in [0.3, 0.4) is 0 Å². The molecule has 1 saturated heterocycles. The summed E-state index contributed by atoms with van der Waals surface area (Å²) >= 11 is 3.67. The molecule has 0 bridgehead atoms. The molecular weight excluding hydrogens is 442 g/mol. The summed E-state index contributed by atoms with van der Waals surface area (Å²) in [4.78, 5) is 13.0. The number of nitrogens with zero attached hydrogens (tertiary/aromatic N) is 1. The Morgan fingerprint density at radius 3 is 1.86 bits per heavy atom. The van der Waals surface area contributed by atoms with Crippen LogP contribution in [0.4, 0.5) is 43.9 Å². The second-order valence-corrected chi connectivity index (χ2v) is 6.33. The van der Waals surface area contributed by atoms with E-state index in [4.69, 9.17) is 4.74 Å². The number of carbonyl (C=O) groups excluding carboxylic acids is 1. The van der Waals surface area contributed by atoms with Gasteiger partial charge in [-0.25, -0.2) is 0 Å². The summed E-state index contributed by atoms with van der Waals surface area (Å²) in [6, 6.07) is 0. The number of hydrogen-bond acceptors (Lipinski definition) is 3. The highest BCUT2D eigenvalue weighted by atomic mass is 35.5. The molecular formula is C13H15ClF10N2O2. The Morgan fingerprint density at radius 1 is 0.893 bits per heavy atom. The first-order valence-electron chi connectivity index (χ1n) is 7.66. The fraction of sp³-hybridized carbons (Fsp3) is 0.923. The highest BCUT2D eigenvalue weighted by molar-refractivity contribution is 6.22. The predicted octanol–water partition coefficient (Wildman–Crippen LogP) is 3.20. The van der Waals surface area contributed by atoms with Crippen LogP contribution in [0, 0.1) is 0 Å². The summed E-state index contributed by atoms with van der Waals surface area (Å²) in [6.07, 6.45) is -0.0697. The molecule has 0 aromatic carbocycles. The van der Waals surface area contributed by atoms with Crippen LogP contribution in [0.15, 0.2) is 0 Å². The molecule has 1 aliphatic rings. The van der Waals surface area contributed by atoms with Gasteiger partial charge in [0.05, 0.1) is 13.2 Å². The smallest absolute Gasteiger partial charge is 0.379 e. The van der Waals surface area contributed by atoms with E-state index in [1.807, 2.05) is 0 Å². The zero-order valence-electron chi connectivity index (χ0n) is 13.9. The first-order valence-corrected chi connectivity index (χ1v) is 8.04. The molecule has 1 rings (SSSR count). The first-order chi connectivity index (χ1) is 12.5. The van der Waals surface area contributed by atoms with Crippen LogP contribution in [0.2, 0.25) is 0 Å². The summed E-state index contributed by atoms with van der Waals surface area (Å²) < 4.78 is 136. The van der Waals surface area contributed by atoms with Gasteiger partial charge in [-0.15, -0.1) is 0 Å². The molecule has 166 valence electrons. The molecule has 1 heterocycles. The van der Waals surface area contributed by atoms with Crippen molar-refractivity contribution in [1.29, 1.82) is 0 Å². The van der Waals surface area contributed by atoms with Crippen molar-refractivity contribution in [2.24, 2.45) is 0 Å². The number of amides is 1. The van der Waals surface area contributed by atoms with Crippen LogP contribution in [0.25, 0.3) is 0 Å². The van der Waals surface area contributed by atoms with E-state index in [2.05, 4.69) is 11.6 Å². The topological polar surface area (TPSA) is 41.6 Å². The zero-order valence-corrected chi connectivity index (χ0v) is 14.6. The molecule has 1 aliphatic heterocycles. The lowest BCUT2D eigenvalue weighted by Gasteiger charge is -2.37. The molecule has 4 nitrogen and oxygen atoms in total. The Morgan fingerprint density at radius 2 is 1.39 bits per heavy atom. The van der Waals surface area contributed by atoms with Gasteiger partial charge in [0.2, 0.25) is 0 Å². The standard InChI is InChI=1S/C13H15ClF10N2O2/c14-13(23,24)12(21,22)11(19,20)10(17,18)9(15,16)8(27)25-2-1-3-26-4-6-28-7-5-26/h1-7H2,(H,25,27). The lowest BCUT2D eigenvalue weighted by atomic mass is 9.98. The molecule has 0 aromatic heterocycles. The van der Waals surface area contributed by atoms with Gasteiger partial charge in [0.1, 0.15) is 0 Å². The fourth-order valence-corrected chi connectivity index (χ4v) is 2.27. The maximum absolute atomic E-state index is 13.5. The molecule has 0 aromatic rings. The van der Waals surface area contributed by atoms with E-state index < -0.39 is 41.5 Å². The Labute approximate surface area is 157 Å². The molecule has 1 fully saturated rings. The Balaban J connectivity index is 2.79. The van der Waals surface area contributed by atoms with Crippen molar-refractivity contribution in [3.8, 4) is 0 Å². The second kappa shape index (κ2) is 8.38. The van der Waals surface area contributed by atoms with Gasteiger partial charge < -0.3 is 10.1 Å². The van der Waals surface area contributed by atoms with Crippen LogP contribution in [-0.4, -0.2) is 79.3 Å². The van der Waals surface area contributed by atoms with Gasteiger partial charge in [-0.1, -0.05) is 0 Å². The Hall–Kier alpha value is -1.02. The van der Waals surface area contributed by atoms with Crippen molar-refractivity contribution in [3.63, 3.8) is 0 Å². The molecule has 1 N–H and O–H groups in total. The fourth-order valence-electron chi connectivity index (χ4n) is 2.16. The summed E-state index contributed by atoms with van der Waals surface area (Å²) in [5.41, 5.74) is 0. The lowest BCUT2D eigenvalue weighted by Crippen LogP contribution is -2.69. The molecule has 1 amide bonds. The largest absolute Gasteiger partial charge is 0.393 e. The Kier molecular flexibility index (Phi) is 7.49. The molecule has 0 saturated carbocycles. The number of nitrogens with one attached hydrogen (secondary N) is 1. The minimum Gasteiger partial charge on any atom is -0.379 e. The highest BCUT2D eigenvalue weighted by Crippen LogP contribution is 2.57. The van der Waals surface area contributed by atoms with Crippen LogP contribution in [-0.2, 0) is 9.53 Å². The molecule has 0 spiro atoms. The minimum atomic E-state index is -7.35. The van der Waals surface area contributed by atoms with Crippen molar-refractivity contribution >= 4 is 17.5 Å². The number of ether oxygens (including phenoxy) is 1. The summed E-state index contributed by atoms with van der Waals surface area (Å²) in [5.74, 6) is -31.0. The maximum atomic E-state index is 13.5. The summed E-state index contributed by atoms with van der Waals surface area (Å²) in [7, 11) is 0. The third-order valence-electron chi connectivity index (χ3n) is 3.86. The number of carbonyl (C=O) groups is 1. The number of halogens is 11. The van der Waals surface area contributed by atoms with Gasteiger partial charge in [0.15, 0.2) is 0 Å². The first kappa shape index (κ1) is 25.0. The van der Waals surface area contributed by atoms with Gasteiger partial charge >= 0.3 is 29.1 Å². The van der Waals surface area contributed by atoms with E-state index in [-0.39, 0.29) is 13.0 Å². The summed E-state index contributed by atoms with van der Waals surface area (Å²) in [5, 5.41) is -5.08. The molecule has 0 atom stereocenters. The normalized spacial score (nSPS) is 18.2. The molecule has 0 radical (unpaired) electrons. The van der Waals surface area contributed by atoms with Crippen LogP contribution < -0.4 is 5.32 Å². The van der Waals surface area contributed by atoms with E-state index in [0.29, 0.717) is 26.3 Å². The lowest BCUT2D eigenvalue weighted by molar-refractivity contribution is -0.382. The van der Waals surface area contributed by atoms with E-state index in [0.717, 1.165) is 0 Å². The average Bonchev–Trinajstić information content (AvgIpc) is 2.57. The molecule has 0 unspecified atom stereocenters. The number of rotatable bonds is 9. The second-order valence-electron chi connectivity index (χ2n) is 5.86. The van der Waals surface area contributed by atoms with E-state index in [1.165, 1.54) is 5.32 Å². The number of alkyl halides is 11. The monoisotopic (exact) mass is 456 g/mol. The van der Waals surface area contributed by atoms with E-state index in [9.17, 15) is 48.7 Å². The molecule has 0 aliphatic carbocycles. The van der Waals surface area contributed by atoms with Crippen molar-refractivity contribution in [2.45, 2.75) is 35.5 Å². The third-order valence-corrected chi connectivity index (χ3v) is 4.10. The van der Waals surface area contributed by atoms with Crippen LogP contribution in [0.1, 0.15) is 6.42 Å². The van der Waals surface area contributed by atoms with Gasteiger partial charge in [-0.2, -0.15) is 43.9 Å². The maximum Gasteiger partial charge on any atom is 0.393 e. The number of morpholine rings is 1. The average molecular weight is 457 g/mol. The highest BCUT2D eigenvalue weighted by Gasteiger charge is 2.87. The van der Waals surface area contributed by atoms with Crippen LogP contribution in [0.5, 0.6) is 0 Å². The third kappa shape index (κ3) is 4.58. The van der Waals surface area contributed by atoms with Crippen LogP contribution >= 0.6 is 11.6 Å². The van der Waals surface area contributed by atoms with Crippen molar-refractivity contribution in [2.75, 3.05) is 39.4 Å².